The Hall–Kier alpha value is -1.51. The zero-order chi connectivity index (χ0) is 15.0. The van der Waals surface area contributed by atoms with E-state index < -0.39 is 8.07 Å². The van der Waals surface area contributed by atoms with Gasteiger partial charge in [-0.2, -0.15) is 4.68 Å². The third-order valence-electron chi connectivity index (χ3n) is 3.16. The Bertz CT molecular complexity index is 777. The van der Waals surface area contributed by atoms with Crippen molar-refractivity contribution in [3.63, 3.8) is 0 Å². The zero-order valence-corrected chi connectivity index (χ0v) is 14.0. The third-order valence-corrected chi connectivity index (χ3v) is 5.13. The standard InChI is InChI=1S/C12H17ClN6OSi/c1-21(2,3)5-4-20-8-18-11-12(16-17-18)19-9(13)6-14-10(19)7-15-11/h6-7H,4-5,8H2,1-3H3. The van der Waals surface area contributed by atoms with Crippen molar-refractivity contribution < 1.29 is 4.74 Å². The molecule has 21 heavy (non-hydrogen) atoms. The highest BCUT2D eigenvalue weighted by atomic mass is 35.5. The normalized spacial score (nSPS) is 12.6. The van der Waals surface area contributed by atoms with E-state index in [2.05, 4.69) is 39.9 Å². The number of hydrogen-bond donors (Lipinski definition) is 0. The van der Waals surface area contributed by atoms with Crippen LogP contribution in [0, 0.1) is 0 Å². The van der Waals surface area contributed by atoms with Crippen molar-refractivity contribution in [3.8, 4) is 0 Å². The molecule has 0 aliphatic carbocycles. The lowest BCUT2D eigenvalue weighted by molar-refractivity contribution is 0.0799. The molecule has 9 heteroatoms. The molecule has 0 radical (unpaired) electrons. The number of hydrogen-bond acceptors (Lipinski definition) is 5. The first-order valence-electron chi connectivity index (χ1n) is 6.75. The first-order valence-corrected chi connectivity index (χ1v) is 10.8. The molecule has 0 saturated heterocycles. The Morgan fingerprint density at radius 2 is 2.00 bits per heavy atom. The van der Waals surface area contributed by atoms with Crippen LogP contribution in [-0.4, -0.2) is 44.0 Å². The third kappa shape index (κ3) is 2.92. The van der Waals surface area contributed by atoms with Crippen molar-refractivity contribution >= 4 is 36.6 Å². The smallest absolute Gasteiger partial charge is 0.208 e. The van der Waals surface area contributed by atoms with Gasteiger partial charge in [0.05, 0.1) is 12.4 Å². The minimum atomic E-state index is -1.08. The van der Waals surface area contributed by atoms with Crippen molar-refractivity contribution in [2.75, 3.05) is 6.61 Å². The van der Waals surface area contributed by atoms with E-state index in [1.54, 1.807) is 21.5 Å². The Balaban J connectivity index is 1.81. The molecule has 3 rings (SSSR count). The fourth-order valence-electron chi connectivity index (χ4n) is 1.95. The summed E-state index contributed by atoms with van der Waals surface area (Å²) in [5.41, 5.74) is 1.87. The van der Waals surface area contributed by atoms with Crippen molar-refractivity contribution in [3.05, 3.63) is 17.5 Å². The van der Waals surface area contributed by atoms with E-state index in [1.807, 2.05) is 0 Å². The zero-order valence-electron chi connectivity index (χ0n) is 12.2. The topological polar surface area (TPSA) is 70.1 Å². The van der Waals surface area contributed by atoms with E-state index in [4.69, 9.17) is 16.3 Å². The van der Waals surface area contributed by atoms with Crippen molar-refractivity contribution in [2.45, 2.75) is 32.4 Å². The van der Waals surface area contributed by atoms with E-state index in [0.717, 1.165) is 12.7 Å². The molecule has 3 aromatic rings. The molecule has 0 aliphatic heterocycles. The molecular formula is C12H17ClN6OSi. The summed E-state index contributed by atoms with van der Waals surface area (Å²) in [4.78, 5) is 8.48. The first-order chi connectivity index (χ1) is 9.96. The highest BCUT2D eigenvalue weighted by Crippen LogP contribution is 2.17. The molecule has 0 atom stereocenters. The van der Waals surface area contributed by atoms with Gasteiger partial charge in [0.2, 0.25) is 5.65 Å². The summed E-state index contributed by atoms with van der Waals surface area (Å²) in [5.74, 6) is 0. The largest absolute Gasteiger partial charge is 0.359 e. The van der Waals surface area contributed by atoms with Crippen LogP contribution < -0.4 is 0 Å². The molecule has 3 aromatic heterocycles. The number of rotatable bonds is 5. The van der Waals surface area contributed by atoms with Gasteiger partial charge in [-0.05, 0) is 6.04 Å². The summed E-state index contributed by atoms with van der Waals surface area (Å²) in [6, 6.07) is 1.12. The van der Waals surface area contributed by atoms with Crippen LogP contribution in [0.1, 0.15) is 0 Å². The maximum atomic E-state index is 6.11. The molecule has 0 aromatic carbocycles. The Kier molecular flexibility index (Phi) is 3.68. The van der Waals surface area contributed by atoms with Crippen LogP contribution in [0.15, 0.2) is 12.4 Å². The number of halogens is 1. The Morgan fingerprint density at radius 1 is 1.19 bits per heavy atom. The minimum Gasteiger partial charge on any atom is -0.359 e. The summed E-state index contributed by atoms with van der Waals surface area (Å²) >= 11 is 6.11. The predicted octanol–water partition coefficient (Wildman–Crippen LogP) is 2.44. The quantitative estimate of drug-likeness (QED) is 0.532. The van der Waals surface area contributed by atoms with Crippen LogP contribution in [0.25, 0.3) is 16.9 Å². The minimum absolute atomic E-state index is 0.339. The SMILES string of the molecule is C[Si](C)(C)CCOCn1nnc2c1ncc1ncc(Cl)n12. The van der Waals surface area contributed by atoms with Crippen molar-refractivity contribution in [2.24, 2.45) is 0 Å². The van der Waals surface area contributed by atoms with E-state index in [9.17, 15) is 0 Å². The van der Waals surface area contributed by atoms with Gasteiger partial charge in [0, 0.05) is 14.7 Å². The van der Waals surface area contributed by atoms with Crippen LogP contribution in [0.3, 0.4) is 0 Å². The number of ether oxygens (including phenoxy) is 1. The Labute approximate surface area is 127 Å². The Morgan fingerprint density at radius 3 is 2.76 bits per heavy atom. The van der Waals surface area contributed by atoms with Crippen molar-refractivity contribution in [1.29, 1.82) is 0 Å². The number of imidazole rings is 1. The van der Waals surface area contributed by atoms with Crippen LogP contribution in [0.4, 0.5) is 0 Å². The lowest BCUT2D eigenvalue weighted by atomic mass is 10.6. The van der Waals surface area contributed by atoms with Gasteiger partial charge >= 0.3 is 0 Å². The van der Waals surface area contributed by atoms with E-state index in [1.165, 1.54) is 0 Å². The van der Waals surface area contributed by atoms with E-state index in [0.29, 0.717) is 28.8 Å². The maximum Gasteiger partial charge on any atom is 0.208 e. The fourth-order valence-corrected chi connectivity index (χ4v) is 2.92. The second-order valence-electron chi connectivity index (χ2n) is 6.12. The van der Waals surface area contributed by atoms with Gasteiger partial charge in [0.1, 0.15) is 11.9 Å². The molecule has 7 nitrogen and oxygen atoms in total. The predicted molar refractivity (Wildman–Crippen MR) is 83.2 cm³/mol. The monoisotopic (exact) mass is 324 g/mol. The molecule has 0 spiro atoms. The summed E-state index contributed by atoms with van der Waals surface area (Å²) in [7, 11) is -1.08. The average molecular weight is 325 g/mol. The summed E-state index contributed by atoms with van der Waals surface area (Å²) in [6.07, 6.45) is 3.22. The maximum absolute atomic E-state index is 6.11. The van der Waals surface area contributed by atoms with E-state index in [-0.39, 0.29) is 0 Å². The number of fused-ring (bicyclic) bond motifs is 3. The second kappa shape index (κ2) is 5.36. The van der Waals surface area contributed by atoms with Crippen LogP contribution >= 0.6 is 11.6 Å². The lowest BCUT2D eigenvalue weighted by Crippen LogP contribution is -2.22. The summed E-state index contributed by atoms with van der Waals surface area (Å²) < 4.78 is 9.04. The fraction of sp³-hybridized carbons (Fsp3) is 0.500. The molecular weight excluding hydrogens is 308 g/mol. The molecule has 0 unspecified atom stereocenters. The van der Waals surface area contributed by atoms with Gasteiger partial charge in [-0.1, -0.05) is 36.5 Å². The average Bonchev–Trinajstić information content (AvgIpc) is 2.98. The molecule has 112 valence electrons. The van der Waals surface area contributed by atoms with Crippen molar-refractivity contribution in [1.82, 2.24) is 29.4 Å². The molecule has 0 N–H and O–H groups in total. The van der Waals surface area contributed by atoms with Gasteiger partial charge in [0.15, 0.2) is 11.3 Å². The lowest BCUT2D eigenvalue weighted by Gasteiger charge is -2.15. The number of nitrogens with zero attached hydrogens (tertiary/aromatic N) is 6. The van der Waals surface area contributed by atoms with Gasteiger partial charge in [-0.3, -0.25) is 4.40 Å². The van der Waals surface area contributed by atoms with E-state index >= 15 is 0 Å². The first kappa shape index (κ1) is 14.4. The second-order valence-corrected chi connectivity index (χ2v) is 12.1. The summed E-state index contributed by atoms with van der Waals surface area (Å²) in [5, 5.41) is 8.70. The molecule has 0 saturated carbocycles. The van der Waals surface area contributed by atoms with Crippen LogP contribution in [-0.2, 0) is 11.5 Å². The van der Waals surface area contributed by atoms with Crippen LogP contribution in [0.5, 0.6) is 0 Å². The van der Waals surface area contributed by atoms with Gasteiger partial charge in [-0.15, -0.1) is 5.10 Å². The van der Waals surface area contributed by atoms with Gasteiger partial charge in [-0.25, -0.2) is 9.97 Å². The molecule has 0 amide bonds. The molecule has 0 aliphatic rings. The number of aromatic nitrogens is 6. The molecule has 3 heterocycles. The highest BCUT2D eigenvalue weighted by molar-refractivity contribution is 6.76. The van der Waals surface area contributed by atoms with Gasteiger partial charge < -0.3 is 4.74 Å². The highest BCUT2D eigenvalue weighted by Gasteiger charge is 2.14. The molecule has 0 bridgehead atoms. The summed E-state index contributed by atoms with van der Waals surface area (Å²) in [6.45, 7) is 8.03. The molecule has 0 fully saturated rings. The van der Waals surface area contributed by atoms with Gasteiger partial charge in [0.25, 0.3) is 0 Å². The van der Waals surface area contributed by atoms with Crippen LogP contribution in [0.2, 0.25) is 30.8 Å².